The Balaban J connectivity index is 1.72. The van der Waals surface area contributed by atoms with Crippen LogP contribution in [0.3, 0.4) is 0 Å². The molecule has 0 aromatic rings. The topological polar surface area (TPSA) is 96.4 Å². The van der Waals surface area contributed by atoms with E-state index in [1.54, 1.807) is 4.90 Å². The maximum atomic E-state index is 12.7. The summed E-state index contributed by atoms with van der Waals surface area (Å²) in [5, 5.41) is 10.3. The molecule has 3 aliphatic rings. The Bertz CT molecular complexity index is 767. The Kier molecular flexibility index (Phi) is 7.25. The van der Waals surface area contributed by atoms with Crippen molar-refractivity contribution < 1.29 is 29.0 Å². The number of thioether (sulfide) groups is 1. The molecule has 0 aromatic heterocycles. The number of amides is 2. The van der Waals surface area contributed by atoms with Crippen LogP contribution >= 0.6 is 11.8 Å². The van der Waals surface area contributed by atoms with E-state index in [0.29, 0.717) is 25.9 Å². The first-order valence-electron chi connectivity index (χ1n) is 10.1. The summed E-state index contributed by atoms with van der Waals surface area (Å²) in [6.07, 6.45) is 3.63. The predicted molar refractivity (Wildman–Crippen MR) is 112 cm³/mol. The summed E-state index contributed by atoms with van der Waals surface area (Å²) >= 11 is 1.51. The molecule has 164 valence electrons. The molecule has 2 fully saturated rings. The number of carbonyl (C=O) groups is 3. The third-order valence-corrected chi connectivity index (χ3v) is 6.93. The molecule has 9 heteroatoms. The smallest absolute Gasteiger partial charge is 0.410 e. The zero-order chi connectivity index (χ0) is 21.8. The largest absolute Gasteiger partial charge is 0.457 e. The van der Waals surface area contributed by atoms with Crippen molar-refractivity contribution in [1.29, 1.82) is 0 Å². The minimum absolute atomic E-state index is 0.0559. The molecule has 2 amide bonds. The SMILES string of the molecule is C=CCOC(=O)C1=C(SC2CCN(C(=O)OCC=C)C2)C[C@@H]2[C@H](C(O)CC)C(=O)N12. The normalized spacial score (nSPS) is 26.2. The van der Waals surface area contributed by atoms with E-state index in [2.05, 4.69) is 13.2 Å². The van der Waals surface area contributed by atoms with Crippen LogP contribution in [0.15, 0.2) is 35.9 Å². The molecule has 0 bridgehead atoms. The predicted octanol–water partition coefficient (Wildman–Crippen LogP) is 2.06. The van der Waals surface area contributed by atoms with Crippen LogP contribution in [0.2, 0.25) is 0 Å². The zero-order valence-electron chi connectivity index (χ0n) is 17.1. The molecule has 0 spiro atoms. The van der Waals surface area contributed by atoms with Crippen LogP contribution in [0.1, 0.15) is 26.2 Å². The number of aliphatic hydroxyl groups excluding tert-OH is 1. The molecule has 0 radical (unpaired) electrons. The average Bonchev–Trinajstić information content (AvgIpc) is 3.33. The number of hydrogen-bond donors (Lipinski definition) is 1. The molecule has 4 atom stereocenters. The second-order valence-electron chi connectivity index (χ2n) is 7.48. The number of hydrogen-bond acceptors (Lipinski definition) is 7. The first-order valence-corrected chi connectivity index (χ1v) is 11.0. The van der Waals surface area contributed by atoms with Gasteiger partial charge in [0.1, 0.15) is 18.9 Å². The third kappa shape index (κ3) is 4.27. The van der Waals surface area contributed by atoms with Gasteiger partial charge in [0.15, 0.2) is 0 Å². The summed E-state index contributed by atoms with van der Waals surface area (Å²) in [4.78, 5) is 41.3. The number of rotatable bonds is 9. The zero-order valence-corrected chi connectivity index (χ0v) is 17.9. The number of esters is 1. The number of ether oxygens (including phenoxy) is 2. The minimum atomic E-state index is -0.727. The Morgan fingerprint density at radius 2 is 2.00 bits per heavy atom. The Morgan fingerprint density at radius 1 is 1.30 bits per heavy atom. The molecule has 30 heavy (non-hydrogen) atoms. The molecule has 2 saturated heterocycles. The summed E-state index contributed by atoms with van der Waals surface area (Å²) in [5.41, 5.74) is 0.268. The first-order chi connectivity index (χ1) is 14.4. The fourth-order valence-electron chi connectivity index (χ4n) is 4.09. The summed E-state index contributed by atoms with van der Waals surface area (Å²) in [7, 11) is 0. The maximum absolute atomic E-state index is 12.7. The Labute approximate surface area is 180 Å². The molecular formula is C21H28N2O6S. The van der Waals surface area contributed by atoms with Crippen molar-refractivity contribution in [3.8, 4) is 0 Å². The maximum Gasteiger partial charge on any atom is 0.410 e. The van der Waals surface area contributed by atoms with Gasteiger partial charge in [0.05, 0.1) is 18.1 Å². The molecule has 2 unspecified atom stereocenters. The Morgan fingerprint density at radius 3 is 2.67 bits per heavy atom. The van der Waals surface area contributed by atoms with Gasteiger partial charge in [-0.3, -0.25) is 4.79 Å². The van der Waals surface area contributed by atoms with Gasteiger partial charge in [-0.15, -0.1) is 11.8 Å². The van der Waals surface area contributed by atoms with Crippen molar-refractivity contribution in [2.75, 3.05) is 26.3 Å². The fraction of sp³-hybridized carbons (Fsp3) is 0.571. The quantitative estimate of drug-likeness (QED) is 0.336. The molecule has 0 aliphatic carbocycles. The van der Waals surface area contributed by atoms with Crippen molar-refractivity contribution in [3.05, 3.63) is 35.9 Å². The van der Waals surface area contributed by atoms with Gasteiger partial charge in [0, 0.05) is 29.7 Å². The van der Waals surface area contributed by atoms with E-state index in [4.69, 9.17) is 9.47 Å². The van der Waals surface area contributed by atoms with Crippen molar-refractivity contribution in [2.45, 2.75) is 43.6 Å². The number of aliphatic hydroxyl groups is 1. The second kappa shape index (κ2) is 9.70. The lowest BCUT2D eigenvalue weighted by atomic mass is 9.82. The van der Waals surface area contributed by atoms with Crippen molar-refractivity contribution >= 4 is 29.7 Å². The van der Waals surface area contributed by atoms with E-state index >= 15 is 0 Å². The van der Waals surface area contributed by atoms with E-state index in [-0.39, 0.29) is 42.2 Å². The summed E-state index contributed by atoms with van der Waals surface area (Å²) in [6, 6.07) is -0.226. The Hall–Kier alpha value is -2.26. The van der Waals surface area contributed by atoms with E-state index in [1.807, 2.05) is 6.92 Å². The lowest BCUT2D eigenvalue weighted by molar-refractivity contribution is -0.162. The van der Waals surface area contributed by atoms with Crippen LogP contribution in [0.25, 0.3) is 0 Å². The van der Waals surface area contributed by atoms with Crippen molar-refractivity contribution in [1.82, 2.24) is 9.80 Å². The highest BCUT2D eigenvalue weighted by Crippen LogP contribution is 2.49. The molecule has 3 heterocycles. The standard InChI is InChI=1S/C21H28N2O6S/c1-4-9-28-20(26)18-16(11-14-17(15(24)6-3)19(25)23(14)18)30-13-7-8-22(12-13)21(27)29-10-5-2/h4-5,13-15,17,24H,1-2,6-12H2,3H3/t13?,14-,15?,17-/m1/s1. The van der Waals surface area contributed by atoms with Crippen LogP contribution in [0.4, 0.5) is 4.79 Å². The average molecular weight is 437 g/mol. The second-order valence-corrected chi connectivity index (χ2v) is 8.88. The van der Waals surface area contributed by atoms with Gasteiger partial charge in [0.25, 0.3) is 0 Å². The van der Waals surface area contributed by atoms with E-state index in [9.17, 15) is 19.5 Å². The van der Waals surface area contributed by atoms with Gasteiger partial charge < -0.3 is 24.4 Å². The number of β-lactam (4-membered cyclic amide) rings is 1. The van der Waals surface area contributed by atoms with Crippen LogP contribution in [0.5, 0.6) is 0 Å². The molecule has 3 aliphatic heterocycles. The van der Waals surface area contributed by atoms with Gasteiger partial charge in [-0.2, -0.15) is 0 Å². The van der Waals surface area contributed by atoms with Gasteiger partial charge in [-0.25, -0.2) is 9.59 Å². The van der Waals surface area contributed by atoms with Crippen molar-refractivity contribution in [2.24, 2.45) is 5.92 Å². The lowest BCUT2D eigenvalue weighted by Crippen LogP contribution is -2.62. The first kappa shape index (κ1) is 22.4. The van der Waals surface area contributed by atoms with Crippen LogP contribution < -0.4 is 0 Å². The van der Waals surface area contributed by atoms with Gasteiger partial charge in [-0.05, 0) is 12.8 Å². The minimum Gasteiger partial charge on any atom is -0.457 e. The lowest BCUT2D eigenvalue weighted by Gasteiger charge is -2.45. The highest BCUT2D eigenvalue weighted by molar-refractivity contribution is 8.03. The highest BCUT2D eigenvalue weighted by Gasteiger charge is 2.57. The van der Waals surface area contributed by atoms with E-state index in [0.717, 1.165) is 11.3 Å². The highest BCUT2D eigenvalue weighted by atomic mass is 32.2. The van der Waals surface area contributed by atoms with E-state index < -0.39 is 18.0 Å². The van der Waals surface area contributed by atoms with Gasteiger partial charge in [0.2, 0.25) is 5.91 Å². The summed E-state index contributed by atoms with van der Waals surface area (Å²) in [5.74, 6) is -1.29. The van der Waals surface area contributed by atoms with Crippen LogP contribution in [-0.4, -0.2) is 76.6 Å². The number of likely N-dealkylation sites (tertiary alicyclic amines) is 1. The number of nitrogens with zero attached hydrogens (tertiary/aromatic N) is 2. The van der Waals surface area contributed by atoms with Gasteiger partial charge >= 0.3 is 12.1 Å². The molecular weight excluding hydrogens is 408 g/mol. The van der Waals surface area contributed by atoms with Crippen LogP contribution in [-0.2, 0) is 19.1 Å². The van der Waals surface area contributed by atoms with Crippen molar-refractivity contribution in [3.63, 3.8) is 0 Å². The molecule has 0 aromatic carbocycles. The third-order valence-electron chi connectivity index (χ3n) is 5.56. The van der Waals surface area contributed by atoms with Crippen LogP contribution in [0, 0.1) is 5.92 Å². The van der Waals surface area contributed by atoms with Gasteiger partial charge in [-0.1, -0.05) is 32.2 Å². The fourth-order valence-corrected chi connectivity index (χ4v) is 5.53. The molecule has 0 saturated carbocycles. The molecule has 3 rings (SSSR count). The summed E-state index contributed by atoms with van der Waals surface area (Å²) in [6.45, 7) is 10.2. The monoisotopic (exact) mass is 436 g/mol. The summed E-state index contributed by atoms with van der Waals surface area (Å²) < 4.78 is 10.3. The molecule has 1 N–H and O–H groups in total. The number of fused-ring (bicyclic) bond motifs is 1. The van der Waals surface area contributed by atoms with E-state index in [1.165, 1.54) is 28.8 Å². The number of carbonyl (C=O) groups excluding carboxylic acids is 3. The molecule has 8 nitrogen and oxygen atoms in total.